The third-order valence-corrected chi connectivity index (χ3v) is 4.69. The zero-order valence-electron chi connectivity index (χ0n) is 13.9. The van der Waals surface area contributed by atoms with Crippen LogP contribution in [0.3, 0.4) is 0 Å². The van der Waals surface area contributed by atoms with Gasteiger partial charge in [-0.05, 0) is 42.7 Å². The Morgan fingerprint density at radius 2 is 1.92 bits per heavy atom. The summed E-state index contributed by atoms with van der Waals surface area (Å²) in [4.78, 5) is 20.9. The number of rotatable bonds is 5. The van der Waals surface area contributed by atoms with Crippen molar-refractivity contribution in [2.45, 2.75) is 18.3 Å². The SMILES string of the molecule is O=C(Nc1cccc(Oc2cnccn2)c1)C1(c2ccc(Cl)cc2)CC1. The van der Waals surface area contributed by atoms with Crippen LogP contribution in [0, 0.1) is 0 Å². The van der Waals surface area contributed by atoms with Crippen molar-refractivity contribution in [3.05, 3.63) is 77.7 Å². The van der Waals surface area contributed by atoms with Crippen molar-refractivity contribution in [2.75, 3.05) is 5.32 Å². The van der Waals surface area contributed by atoms with Crippen LogP contribution in [-0.4, -0.2) is 15.9 Å². The van der Waals surface area contributed by atoms with Crippen LogP contribution in [0.5, 0.6) is 11.6 Å². The number of aromatic nitrogens is 2. The molecule has 1 heterocycles. The lowest BCUT2D eigenvalue weighted by molar-refractivity contribution is -0.118. The Bertz CT molecular complexity index is 925. The molecule has 0 radical (unpaired) electrons. The molecule has 1 saturated carbocycles. The molecule has 0 atom stereocenters. The van der Waals surface area contributed by atoms with Gasteiger partial charge in [-0.1, -0.05) is 29.8 Å². The van der Waals surface area contributed by atoms with Crippen molar-refractivity contribution in [3.63, 3.8) is 0 Å². The first-order valence-corrected chi connectivity index (χ1v) is 8.65. The van der Waals surface area contributed by atoms with E-state index in [1.807, 2.05) is 36.4 Å². The van der Waals surface area contributed by atoms with Crippen LogP contribution < -0.4 is 10.1 Å². The molecule has 0 unspecified atom stereocenters. The molecular formula is C20H16ClN3O2. The molecule has 1 aromatic heterocycles. The summed E-state index contributed by atoms with van der Waals surface area (Å²) < 4.78 is 5.66. The zero-order valence-corrected chi connectivity index (χ0v) is 14.6. The van der Waals surface area contributed by atoms with Gasteiger partial charge in [0.2, 0.25) is 11.8 Å². The van der Waals surface area contributed by atoms with E-state index in [0.717, 1.165) is 18.4 Å². The van der Waals surface area contributed by atoms with Crippen LogP contribution in [0.25, 0.3) is 0 Å². The van der Waals surface area contributed by atoms with E-state index in [-0.39, 0.29) is 5.91 Å². The second-order valence-electron chi connectivity index (χ2n) is 6.22. The van der Waals surface area contributed by atoms with Crippen molar-refractivity contribution in [2.24, 2.45) is 0 Å². The second-order valence-corrected chi connectivity index (χ2v) is 6.65. The highest BCUT2D eigenvalue weighted by Crippen LogP contribution is 2.49. The summed E-state index contributed by atoms with van der Waals surface area (Å²) in [6.07, 6.45) is 6.33. The maximum absolute atomic E-state index is 12.8. The van der Waals surface area contributed by atoms with E-state index >= 15 is 0 Å². The van der Waals surface area contributed by atoms with Gasteiger partial charge in [0.15, 0.2) is 0 Å². The predicted molar refractivity (Wildman–Crippen MR) is 99.5 cm³/mol. The number of nitrogens with one attached hydrogen (secondary N) is 1. The Morgan fingerprint density at radius 1 is 1.12 bits per heavy atom. The molecule has 1 N–H and O–H groups in total. The first kappa shape index (κ1) is 16.5. The number of hydrogen-bond acceptors (Lipinski definition) is 4. The number of anilines is 1. The normalized spacial score (nSPS) is 14.5. The zero-order chi connectivity index (χ0) is 18.0. The minimum atomic E-state index is -0.466. The lowest BCUT2D eigenvalue weighted by Gasteiger charge is -2.16. The van der Waals surface area contributed by atoms with Crippen LogP contribution in [0.1, 0.15) is 18.4 Å². The summed E-state index contributed by atoms with van der Waals surface area (Å²) in [5, 5.41) is 3.66. The van der Waals surface area contributed by atoms with Gasteiger partial charge in [-0.3, -0.25) is 9.78 Å². The van der Waals surface area contributed by atoms with E-state index in [9.17, 15) is 4.79 Å². The Kier molecular flexibility index (Phi) is 4.31. The molecule has 1 aliphatic carbocycles. The Labute approximate surface area is 156 Å². The fourth-order valence-corrected chi connectivity index (χ4v) is 3.01. The van der Waals surface area contributed by atoms with Crippen molar-refractivity contribution in [1.29, 1.82) is 0 Å². The molecule has 2 aromatic carbocycles. The Hall–Kier alpha value is -2.92. The van der Waals surface area contributed by atoms with Gasteiger partial charge in [0.05, 0.1) is 11.6 Å². The van der Waals surface area contributed by atoms with Crippen LogP contribution in [0.4, 0.5) is 5.69 Å². The molecule has 5 nitrogen and oxygen atoms in total. The number of carbonyl (C=O) groups is 1. The summed E-state index contributed by atoms with van der Waals surface area (Å²) in [6, 6.07) is 14.7. The third-order valence-electron chi connectivity index (χ3n) is 4.44. The molecule has 3 aromatic rings. The molecule has 6 heteroatoms. The van der Waals surface area contributed by atoms with Crippen molar-refractivity contribution >= 4 is 23.2 Å². The predicted octanol–water partition coefficient (Wildman–Crippen LogP) is 4.59. The standard InChI is InChI=1S/C20H16ClN3O2/c21-15-6-4-14(5-7-15)20(8-9-20)19(25)24-16-2-1-3-17(12-16)26-18-13-22-10-11-23-18/h1-7,10-13H,8-9H2,(H,24,25). The molecule has 0 spiro atoms. The third kappa shape index (κ3) is 3.39. The first-order chi connectivity index (χ1) is 12.7. The van der Waals surface area contributed by atoms with E-state index in [1.54, 1.807) is 24.5 Å². The molecule has 1 aliphatic rings. The quantitative estimate of drug-likeness (QED) is 0.718. The Morgan fingerprint density at radius 3 is 2.62 bits per heavy atom. The molecule has 4 rings (SSSR count). The lowest BCUT2D eigenvalue weighted by atomic mass is 9.95. The van der Waals surface area contributed by atoms with Crippen LogP contribution in [0.2, 0.25) is 5.02 Å². The highest BCUT2D eigenvalue weighted by molar-refractivity contribution is 6.30. The number of halogens is 1. The van der Waals surface area contributed by atoms with Crippen molar-refractivity contribution in [3.8, 4) is 11.6 Å². The number of benzene rings is 2. The van der Waals surface area contributed by atoms with E-state index < -0.39 is 5.41 Å². The number of hydrogen-bond donors (Lipinski definition) is 1. The van der Waals surface area contributed by atoms with Crippen LogP contribution >= 0.6 is 11.6 Å². The summed E-state index contributed by atoms with van der Waals surface area (Å²) in [5.41, 5.74) is 1.20. The molecule has 26 heavy (non-hydrogen) atoms. The second kappa shape index (κ2) is 6.77. The molecule has 130 valence electrons. The van der Waals surface area contributed by atoms with E-state index in [0.29, 0.717) is 22.3 Å². The van der Waals surface area contributed by atoms with E-state index in [2.05, 4.69) is 15.3 Å². The minimum absolute atomic E-state index is 0.0172. The van der Waals surface area contributed by atoms with Gasteiger partial charge < -0.3 is 10.1 Å². The number of carbonyl (C=O) groups excluding carboxylic acids is 1. The topological polar surface area (TPSA) is 64.1 Å². The molecule has 0 bridgehead atoms. The number of ether oxygens (including phenoxy) is 1. The van der Waals surface area contributed by atoms with Gasteiger partial charge in [-0.2, -0.15) is 0 Å². The van der Waals surface area contributed by atoms with Crippen molar-refractivity contribution in [1.82, 2.24) is 9.97 Å². The van der Waals surface area contributed by atoms with Gasteiger partial charge in [-0.15, -0.1) is 0 Å². The highest BCUT2D eigenvalue weighted by Gasteiger charge is 2.51. The number of nitrogens with zero attached hydrogens (tertiary/aromatic N) is 2. The Balaban J connectivity index is 1.49. The summed E-state index contributed by atoms with van der Waals surface area (Å²) in [5.74, 6) is 0.965. The molecule has 0 aliphatic heterocycles. The lowest BCUT2D eigenvalue weighted by Crippen LogP contribution is -2.27. The highest BCUT2D eigenvalue weighted by atomic mass is 35.5. The fraction of sp³-hybridized carbons (Fsp3) is 0.150. The van der Waals surface area contributed by atoms with Gasteiger partial charge in [-0.25, -0.2) is 4.98 Å². The smallest absolute Gasteiger partial charge is 0.237 e. The summed E-state index contributed by atoms with van der Waals surface area (Å²) in [6.45, 7) is 0. The average Bonchev–Trinajstić information content (AvgIpc) is 3.45. The molecule has 1 amide bonds. The van der Waals surface area contributed by atoms with E-state index in [4.69, 9.17) is 16.3 Å². The summed E-state index contributed by atoms with van der Waals surface area (Å²) in [7, 11) is 0. The number of amides is 1. The fourth-order valence-electron chi connectivity index (χ4n) is 2.89. The maximum atomic E-state index is 12.8. The van der Waals surface area contributed by atoms with E-state index in [1.165, 1.54) is 6.20 Å². The average molecular weight is 366 g/mol. The van der Waals surface area contributed by atoms with Crippen LogP contribution in [-0.2, 0) is 10.2 Å². The van der Waals surface area contributed by atoms with Gasteiger partial charge in [0.1, 0.15) is 5.75 Å². The maximum Gasteiger partial charge on any atom is 0.237 e. The van der Waals surface area contributed by atoms with Crippen LogP contribution in [0.15, 0.2) is 67.1 Å². The van der Waals surface area contributed by atoms with Gasteiger partial charge in [0.25, 0.3) is 0 Å². The molecule has 0 saturated heterocycles. The summed E-state index contributed by atoms with van der Waals surface area (Å²) >= 11 is 5.95. The van der Waals surface area contributed by atoms with Gasteiger partial charge >= 0.3 is 0 Å². The molecule has 1 fully saturated rings. The van der Waals surface area contributed by atoms with Crippen molar-refractivity contribution < 1.29 is 9.53 Å². The minimum Gasteiger partial charge on any atom is -0.437 e. The van der Waals surface area contributed by atoms with Gasteiger partial charge in [0, 0.05) is 29.2 Å². The first-order valence-electron chi connectivity index (χ1n) is 8.27. The monoisotopic (exact) mass is 365 g/mol. The largest absolute Gasteiger partial charge is 0.437 e. The molecular weight excluding hydrogens is 350 g/mol.